The van der Waals surface area contributed by atoms with E-state index in [1.807, 2.05) is 42.5 Å². The van der Waals surface area contributed by atoms with Crippen LogP contribution in [0.25, 0.3) is 0 Å². The lowest BCUT2D eigenvalue weighted by Crippen LogP contribution is -2.00. The van der Waals surface area contributed by atoms with E-state index in [-0.39, 0.29) is 5.82 Å². The van der Waals surface area contributed by atoms with Crippen LogP contribution in [0.4, 0.5) is 4.39 Å². The first-order chi connectivity index (χ1) is 8.86. The van der Waals surface area contributed by atoms with Gasteiger partial charge in [0.05, 0.1) is 6.61 Å². The molecule has 2 aromatic carbocycles. The largest absolute Gasteiger partial charge is 0.493 e. The van der Waals surface area contributed by atoms with Crippen molar-refractivity contribution < 1.29 is 9.13 Å². The molecule has 18 heavy (non-hydrogen) atoms. The van der Waals surface area contributed by atoms with Crippen molar-refractivity contribution in [1.29, 1.82) is 0 Å². The average Bonchev–Trinajstić information content (AvgIpc) is 2.42. The van der Waals surface area contributed by atoms with E-state index in [1.165, 1.54) is 6.07 Å². The van der Waals surface area contributed by atoms with E-state index in [4.69, 9.17) is 4.74 Å². The summed E-state index contributed by atoms with van der Waals surface area (Å²) in [6.07, 6.45) is 0. The second-order valence-corrected chi connectivity index (χ2v) is 4.91. The highest BCUT2D eigenvalue weighted by atomic mass is 32.2. The molecule has 0 aliphatic carbocycles. The molecule has 0 saturated carbocycles. The topological polar surface area (TPSA) is 9.23 Å². The second kappa shape index (κ2) is 7.07. The van der Waals surface area contributed by atoms with Gasteiger partial charge < -0.3 is 4.74 Å². The molecule has 0 saturated heterocycles. The van der Waals surface area contributed by atoms with Gasteiger partial charge in [-0.3, -0.25) is 0 Å². The maximum atomic E-state index is 13.3. The maximum Gasteiger partial charge on any atom is 0.127 e. The minimum Gasteiger partial charge on any atom is -0.493 e. The zero-order chi connectivity index (χ0) is 12.6. The summed E-state index contributed by atoms with van der Waals surface area (Å²) >= 11 is 1.67. The highest BCUT2D eigenvalue weighted by Gasteiger charge is 2.00. The predicted octanol–water partition coefficient (Wildman–Crippen LogP) is 4.14. The summed E-state index contributed by atoms with van der Waals surface area (Å²) in [5.74, 6) is 2.28. The Morgan fingerprint density at radius 3 is 2.44 bits per heavy atom. The van der Waals surface area contributed by atoms with Crippen LogP contribution in [0.1, 0.15) is 5.56 Å². The van der Waals surface area contributed by atoms with E-state index in [2.05, 4.69) is 0 Å². The Kier molecular flexibility index (Phi) is 5.09. The molecular weight excluding hydrogens is 247 g/mol. The molecule has 0 aliphatic heterocycles. The zero-order valence-corrected chi connectivity index (χ0v) is 10.8. The number of para-hydroxylation sites is 1. The Bertz CT molecular complexity index is 473. The predicted molar refractivity (Wildman–Crippen MR) is 74.5 cm³/mol. The van der Waals surface area contributed by atoms with Gasteiger partial charge in [-0.25, -0.2) is 4.39 Å². The van der Waals surface area contributed by atoms with Crippen molar-refractivity contribution in [2.75, 3.05) is 12.4 Å². The molecule has 0 amide bonds. The van der Waals surface area contributed by atoms with Crippen LogP contribution in [0, 0.1) is 5.82 Å². The summed E-state index contributed by atoms with van der Waals surface area (Å²) in [6, 6.07) is 16.6. The Labute approximate surface area is 111 Å². The molecule has 0 aromatic heterocycles. The summed E-state index contributed by atoms with van der Waals surface area (Å²) in [4.78, 5) is 0. The first kappa shape index (κ1) is 13.0. The fourth-order valence-electron chi connectivity index (χ4n) is 1.53. The van der Waals surface area contributed by atoms with Crippen molar-refractivity contribution in [1.82, 2.24) is 0 Å². The minimum absolute atomic E-state index is 0.131. The number of rotatable bonds is 6. The molecule has 0 radical (unpaired) electrons. The van der Waals surface area contributed by atoms with Gasteiger partial charge in [0.1, 0.15) is 11.6 Å². The fourth-order valence-corrected chi connectivity index (χ4v) is 2.33. The van der Waals surface area contributed by atoms with E-state index in [9.17, 15) is 4.39 Å². The summed E-state index contributed by atoms with van der Waals surface area (Å²) in [5, 5.41) is 0. The van der Waals surface area contributed by atoms with Crippen molar-refractivity contribution in [3.8, 4) is 5.75 Å². The molecule has 0 atom stereocenters. The van der Waals surface area contributed by atoms with Gasteiger partial charge in [-0.1, -0.05) is 36.4 Å². The quantitative estimate of drug-likeness (QED) is 0.724. The Hall–Kier alpha value is -1.48. The molecule has 0 bridgehead atoms. The number of hydrogen-bond donors (Lipinski definition) is 0. The average molecular weight is 262 g/mol. The van der Waals surface area contributed by atoms with Crippen LogP contribution in [0.3, 0.4) is 0 Å². The Morgan fingerprint density at radius 2 is 1.67 bits per heavy atom. The van der Waals surface area contributed by atoms with Gasteiger partial charge >= 0.3 is 0 Å². The molecule has 0 heterocycles. The van der Waals surface area contributed by atoms with E-state index in [0.717, 1.165) is 17.1 Å². The summed E-state index contributed by atoms with van der Waals surface area (Å²) in [7, 11) is 0. The van der Waals surface area contributed by atoms with E-state index in [0.29, 0.717) is 12.4 Å². The third kappa shape index (κ3) is 4.08. The molecule has 2 rings (SSSR count). The molecule has 1 nitrogen and oxygen atoms in total. The van der Waals surface area contributed by atoms with Crippen LogP contribution in [0.5, 0.6) is 5.75 Å². The number of halogens is 1. The van der Waals surface area contributed by atoms with Crippen molar-refractivity contribution in [3.63, 3.8) is 0 Å². The van der Waals surface area contributed by atoms with Crippen LogP contribution in [0.2, 0.25) is 0 Å². The van der Waals surface area contributed by atoms with Crippen LogP contribution < -0.4 is 4.74 Å². The summed E-state index contributed by atoms with van der Waals surface area (Å²) in [5.41, 5.74) is 0.752. The molecule has 0 N–H and O–H groups in total. The van der Waals surface area contributed by atoms with E-state index in [1.54, 1.807) is 17.8 Å². The van der Waals surface area contributed by atoms with Crippen molar-refractivity contribution in [2.45, 2.75) is 5.75 Å². The van der Waals surface area contributed by atoms with Gasteiger partial charge in [0.25, 0.3) is 0 Å². The maximum absolute atomic E-state index is 13.3. The first-order valence-corrected chi connectivity index (χ1v) is 7.01. The Morgan fingerprint density at radius 1 is 0.944 bits per heavy atom. The van der Waals surface area contributed by atoms with E-state index < -0.39 is 0 Å². The van der Waals surface area contributed by atoms with Gasteiger partial charge in [0.15, 0.2) is 0 Å². The lowest BCUT2D eigenvalue weighted by molar-refractivity contribution is 0.344. The highest BCUT2D eigenvalue weighted by Crippen LogP contribution is 2.15. The smallest absolute Gasteiger partial charge is 0.127 e. The lowest BCUT2D eigenvalue weighted by Gasteiger charge is -2.06. The van der Waals surface area contributed by atoms with Gasteiger partial charge in [-0.15, -0.1) is 0 Å². The van der Waals surface area contributed by atoms with Gasteiger partial charge in [0, 0.05) is 11.5 Å². The standard InChI is InChI=1S/C15H15FOS/c16-15-9-5-4-6-13(15)12-18-11-10-17-14-7-2-1-3-8-14/h1-9H,10-12H2. The third-order valence-electron chi connectivity index (χ3n) is 2.46. The fraction of sp³-hybridized carbons (Fsp3) is 0.200. The van der Waals surface area contributed by atoms with Crippen molar-refractivity contribution >= 4 is 11.8 Å². The number of benzene rings is 2. The van der Waals surface area contributed by atoms with Gasteiger partial charge in [0.2, 0.25) is 0 Å². The Balaban J connectivity index is 1.66. The monoisotopic (exact) mass is 262 g/mol. The number of hydrogen-bond acceptors (Lipinski definition) is 2. The van der Waals surface area contributed by atoms with Crippen LogP contribution in [-0.2, 0) is 5.75 Å². The van der Waals surface area contributed by atoms with Crippen molar-refractivity contribution in [3.05, 3.63) is 66.0 Å². The molecule has 2 aromatic rings. The molecule has 94 valence electrons. The number of ether oxygens (including phenoxy) is 1. The van der Waals surface area contributed by atoms with Gasteiger partial charge in [-0.05, 0) is 23.8 Å². The molecule has 0 unspecified atom stereocenters. The summed E-state index contributed by atoms with van der Waals surface area (Å²) < 4.78 is 18.9. The van der Waals surface area contributed by atoms with Crippen LogP contribution in [-0.4, -0.2) is 12.4 Å². The highest BCUT2D eigenvalue weighted by molar-refractivity contribution is 7.98. The third-order valence-corrected chi connectivity index (χ3v) is 3.43. The SMILES string of the molecule is Fc1ccccc1CSCCOc1ccccc1. The number of thioether (sulfide) groups is 1. The molecule has 3 heteroatoms. The normalized spacial score (nSPS) is 10.3. The van der Waals surface area contributed by atoms with Gasteiger partial charge in [-0.2, -0.15) is 11.8 Å². The molecular formula is C15H15FOS. The zero-order valence-electron chi connectivity index (χ0n) is 10.0. The molecule has 0 fully saturated rings. The lowest BCUT2D eigenvalue weighted by atomic mass is 10.2. The van der Waals surface area contributed by atoms with Crippen LogP contribution >= 0.6 is 11.8 Å². The second-order valence-electron chi connectivity index (χ2n) is 3.81. The van der Waals surface area contributed by atoms with E-state index >= 15 is 0 Å². The minimum atomic E-state index is -0.131. The molecule has 0 spiro atoms. The van der Waals surface area contributed by atoms with Crippen LogP contribution in [0.15, 0.2) is 54.6 Å². The molecule has 0 aliphatic rings. The first-order valence-electron chi connectivity index (χ1n) is 5.85. The summed E-state index contributed by atoms with van der Waals surface area (Å²) in [6.45, 7) is 0.642. The van der Waals surface area contributed by atoms with Crippen molar-refractivity contribution in [2.24, 2.45) is 0 Å².